The van der Waals surface area contributed by atoms with E-state index < -0.39 is 0 Å². The lowest BCUT2D eigenvalue weighted by atomic mass is 10.0. The molecule has 2 N–H and O–H groups in total. The molecule has 0 saturated heterocycles. The molecule has 0 bridgehead atoms. The van der Waals surface area contributed by atoms with Crippen LogP contribution < -0.4 is 10.9 Å². The minimum Gasteiger partial charge on any atom is -0.322 e. The minimum absolute atomic E-state index is 0.0260. The summed E-state index contributed by atoms with van der Waals surface area (Å²) in [5, 5.41) is 4.25. The van der Waals surface area contributed by atoms with Gasteiger partial charge in [-0.1, -0.05) is 18.2 Å². The molecular formula is C13H16N2O. The number of likely N-dealkylation sites (N-methyl/N-ethyl adjacent to an activating group) is 1. The fourth-order valence-electron chi connectivity index (χ4n) is 1.98. The van der Waals surface area contributed by atoms with Gasteiger partial charge in [0, 0.05) is 11.5 Å². The summed E-state index contributed by atoms with van der Waals surface area (Å²) < 4.78 is 0. The maximum Gasteiger partial charge on any atom is 0.248 e. The quantitative estimate of drug-likeness (QED) is 0.818. The Kier molecular flexibility index (Phi) is 3.06. The Bertz CT molecular complexity index is 557. The number of para-hydroxylation sites is 1. The van der Waals surface area contributed by atoms with Crippen LogP contribution in [0.4, 0.5) is 0 Å². The van der Waals surface area contributed by atoms with Crippen LogP contribution in [0.15, 0.2) is 29.1 Å². The van der Waals surface area contributed by atoms with Crippen LogP contribution in [0.3, 0.4) is 0 Å². The third kappa shape index (κ3) is 1.99. The zero-order chi connectivity index (χ0) is 11.5. The van der Waals surface area contributed by atoms with Gasteiger partial charge in [-0.2, -0.15) is 0 Å². The smallest absolute Gasteiger partial charge is 0.248 e. The summed E-state index contributed by atoms with van der Waals surface area (Å²) in [6.07, 6.45) is 0.924. The number of H-pyrrole nitrogens is 1. The number of fused-ring (bicyclic) bond motifs is 1. The Labute approximate surface area is 94.5 Å². The van der Waals surface area contributed by atoms with Crippen molar-refractivity contribution >= 4 is 10.9 Å². The van der Waals surface area contributed by atoms with Crippen molar-refractivity contribution in [3.63, 3.8) is 0 Å². The number of aromatic amines is 1. The summed E-state index contributed by atoms with van der Waals surface area (Å²) >= 11 is 0. The highest BCUT2D eigenvalue weighted by atomic mass is 16.1. The predicted octanol–water partition coefficient (Wildman–Crippen LogP) is 1.60. The first-order valence-corrected chi connectivity index (χ1v) is 5.48. The van der Waals surface area contributed by atoms with Gasteiger partial charge in [0.05, 0.1) is 5.52 Å². The summed E-state index contributed by atoms with van der Waals surface area (Å²) in [6, 6.07) is 7.79. The molecule has 1 heterocycles. The first kappa shape index (κ1) is 10.9. The Morgan fingerprint density at radius 2 is 2.19 bits per heavy atom. The Morgan fingerprint density at radius 1 is 1.38 bits per heavy atom. The topological polar surface area (TPSA) is 44.9 Å². The summed E-state index contributed by atoms with van der Waals surface area (Å²) in [5.41, 5.74) is 3.17. The van der Waals surface area contributed by atoms with Gasteiger partial charge >= 0.3 is 0 Å². The van der Waals surface area contributed by atoms with Crippen LogP contribution in [0.5, 0.6) is 0 Å². The zero-order valence-corrected chi connectivity index (χ0v) is 9.63. The molecule has 1 aromatic heterocycles. The van der Waals surface area contributed by atoms with Crippen molar-refractivity contribution in [2.45, 2.75) is 13.3 Å². The number of pyridine rings is 1. The number of aryl methyl sites for hydroxylation is 1. The summed E-state index contributed by atoms with van der Waals surface area (Å²) in [6.45, 7) is 2.88. The number of aromatic nitrogens is 1. The van der Waals surface area contributed by atoms with E-state index in [0.717, 1.165) is 29.4 Å². The van der Waals surface area contributed by atoms with E-state index in [1.807, 2.05) is 26.1 Å². The van der Waals surface area contributed by atoms with Gasteiger partial charge in [0.2, 0.25) is 5.56 Å². The number of hydrogen-bond donors (Lipinski definition) is 2. The second-order valence-corrected chi connectivity index (χ2v) is 4.01. The van der Waals surface area contributed by atoms with Gasteiger partial charge in [0.15, 0.2) is 0 Å². The highest BCUT2D eigenvalue weighted by Gasteiger charge is 2.03. The molecule has 84 valence electrons. The van der Waals surface area contributed by atoms with E-state index in [4.69, 9.17) is 0 Å². The highest BCUT2D eigenvalue weighted by molar-refractivity contribution is 5.84. The predicted molar refractivity (Wildman–Crippen MR) is 66.9 cm³/mol. The molecule has 0 aliphatic carbocycles. The maximum atomic E-state index is 11.5. The van der Waals surface area contributed by atoms with Crippen molar-refractivity contribution in [2.24, 2.45) is 0 Å². The van der Waals surface area contributed by atoms with E-state index >= 15 is 0 Å². The number of rotatable bonds is 3. The van der Waals surface area contributed by atoms with Gasteiger partial charge < -0.3 is 10.3 Å². The molecule has 16 heavy (non-hydrogen) atoms. The fourth-order valence-corrected chi connectivity index (χ4v) is 1.98. The molecule has 0 atom stereocenters. The molecule has 0 spiro atoms. The lowest BCUT2D eigenvalue weighted by Gasteiger charge is -2.07. The van der Waals surface area contributed by atoms with Gasteiger partial charge in [-0.15, -0.1) is 0 Å². The van der Waals surface area contributed by atoms with Crippen LogP contribution in [-0.2, 0) is 6.42 Å². The summed E-state index contributed by atoms with van der Waals surface area (Å²) in [7, 11) is 1.93. The molecule has 3 heteroatoms. The lowest BCUT2D eigenvalue weighted by Crippen LogP contribution is -2.12. The van der Waals surface area contributed by atoms with E-state index in [1.54, 1.807) is 6.07 Å². The van der Waals surface area contributed by atoms with Crippen molar-refractivity contribution < 1.29 is 0 Å². The van der Waals surface area contributed by atoms with Crippen molar-refractivity contribution in [2.75, 3.05) is 13.6 Å². The Morgan fingerprint density at radius 3 is 2.94 bits per heavy atom. The second kappa shape index (κ2) is 4.49. The highest BCUT2D eigenvalue weighted by Crippen LogP contribution is 2.18. The first-order valence-electron chi connectivity index (χ1n) is 5.48. The van der Waals surface area contributed by atoms with Crippen molar-refractivity contribution in [3.05, 3.63) is 45.7 Å². The van der Waals surface area contributed by atoms with Crippen molar-refractivity contribution in [3.8, 4) is 0 Å². The van der Waals surface area contributed by atoms with Crippen LogP contribution in [0.25, 0.3) is 10.9 Å². The third-order valence-corrected chi connectivity index (χ3v) is 2.82. The number of benzene rings is 1. The van der Waals surface area contributed by atoms with Gasteiger partial charge in [0.1, 0.15) is 0 Å². The molecule has 2 aromatic rings. The fraction of sp³-hybridized carbons (Fsp3) is 0.308. The normalized spacial score (nSPS) is 10.9. The molecule has 0 fully saturated rings. The maximum absolute atomic E-state index is 11.5. The molecular weight excluding hydrogens is 200 g/mol. The molecule has 0 aliphatic heterocycles. The van der Waals surface area contributed by atoms with E-state index in [0.29, 0.717) is 0 Å². The molecule has 0 unspecified atom stereocenters. The first-order chi connectivity index (χ1) is 7.72. The molecule has 3 nitrogen and oxygen atoms in total. The van der Waals surface area contributed by atoms with Crippen molar-refractivity contribution in [1.82, 2.24) is 10.3 Å². The van der Waals surface area contributed by atoms with E-state index in [-0.39, 0.29) is 5.56 Å². The molecule has 0 aliphatic rings. The summed E-state index contributed by atoms with van der Waals surface area (Å²) in [4.78, 5) is 14.4. The van der Waals surface area contributed by atoms with E-state index in [2.05, 4.69) is 16.4 Å². The van der Waals surface area contributed by atoms with Gasteiger partial charge in [-0.05, 0) is 38.1 Å². The Hall–Kier alpha value is -1.61. The minimum atomic E-state index is -0.0260. The van der Waals surface area contributed by atoms with Gasteiger partial charge in [-0.25, -0.2) is 0 Å². The molecule has 0 amide bonds. The van der Waals surface area contributed by atoms with Gasteiger partial charge in [0.25, 0.3) is 0 Å². The Balaban J connectivity index is 2.62. The van der Waals surface area contributed by atoms with Crippen molar-refractivity contribution in [1.29, 1.82) is 0 Å². The van der Waals surface area contributed by atoms with Crippen LogP contribution in [-0.4, -0.2) is 18.6 Å². The van der Waals surface area contributed by atoms with E-state index in [9.17, 15) is 4.79 Å². The number of nitrogens with one attached hydrogen (secondary N) is 2. The van der Waals surface area contributed by atoms with Crippen LogP contribution in [0.2, 0.25) is 0 Å². The largest absolute Gasteiger partial charge is 0.322 e. The molecule has 1 aromatic carbocycles. The van der Waals surface area contributed by atoms with E-state index in [1.165, 1.54) is 5.56 Å². The standard InChI is InChI=1S/C13H16N2O/c1-9-8-12(16)15-13-10(6-7-14-2)4-3-5-11(9)13/h3-5,8,14H,6-7H2,1-2H3,(H,15,16). The molecule has 0 saturated carbocycles. The lowest BCUT2D eigenvalue weighted by molar-refractivity contribution is 0.794. The van der Waals surface area contributed by atoms with Crippen LogP contribution in [0.1, 0.15) is 11.1 Å². The zero-order valence-electron chi connectivity index (χ0n) is 9.63. The monoisotopic (exact) mass is 216 g/mol. The second-order valence-electron chi connectivity index (χ2n) is 4.01. The SMILES string of the molecule is CNCCc1cccc2c(C)cc(=O)[nH]c12. The average Bonchev–Trinajstić information content (AvgIpc) is 2.26. The molecule has 2 rings (SSSR count). The molecule has 0 radical (unpaired) electrons. The average molecular weight is 216 g/mol. The number of hydrogen-bond acceptors (Lipinski definition) is 2. The third-order valence-electron chi connectivity index (χ3n) is 2.82. The van der Waals surface area contributed by atoms with Crippen LogP contribution >= 0.6 is 0 Å². The summed E-state index contributed by atoms with van der Waals surface area (Å²) in [5.74, 6) is 0. The van der Waals surface area contributed by atoms with Crippen LogP contribution in [0, 0.1) is 6.92 Å². The van der Waals surface area contributed by atoms with Gasteiger partial charge in [-0.3, -0.25) is 4.79 Å².